The van der Waals surface area contributed by atoms with Crippen LogP contribution in [0.4, 0.5) is 0 Å². The molecule has 2 fully saturated rings. The Hall–Kier alpha value is -1.62. The third-order valence-electron chi connectivity index (χ3n) is 7.63. The number of allylic oxidation sites excluding steroid dienone is 1. The molecule has 0 aromatic carbocycles. The molecule has 0 radical (unpaired) electrons. The number of hydrogen-bond donors (Lipinski definition) is 2. The summed E-state index contributed by atoms with van der Waals surface area (Å²) in [7, 11) is 0. The zero-order chi connectivity index (χ0) is 21.9. The lowest BCUT2D eigenvalue weighted by molar-refractivity contribution is -0.157. The molecule has 5 heteroatoms. The molecule has 0 heterocycles. The molecule has 0 spiro atoms. The molecule has 5 atom stereocenters. The van der Waals surface area contributed by atoms with E-state index in [1.807, 2.05) is 0 Å². The molecule has 164 valence electrons. The van der Waals surface area contributed by atoms with Crippen LogP contribution in [0.5, 0.6) is 0 Å². The summed E-state index contributed by atoms with van der Waals surface area (Å²) in [6.45, 7) is 14.8. The molecule has 2 rings (SSSR count). The molecule has 0 amide bonds. The number of ether oxygens (including phenoxy) is 1. The molecule has 0 aromatic rings. The Morgan fingerprint density at radius 1 is 1.31 bits per heavy atom. The van der Waals surface area contributed by atoms with Crippen molar-refractivity contribution < 1.29 is 24.5 Å². The maximum absolute atomic E-state index is 12.0. The van der Waals surface area contributed by atoms with E-state index in [2.05, 4.69) is 27.0 Å². The van der Waals surface area contributed by atoms with Gasteiger partial charge in [0.2, 0.25) is 0 Å². The van der Waals surface area contributed by atoms with Crippen LogP contribution in [0.3, 0.4) is 0 Å². The molecule has 0 bridgehead atoms. The van der Waals surface area contributed by atoms with Gasteiger partial charge in [-0.05, 0) is 62.7 Å². The molecule has 2 aliphatic rings. The van der Waals surface area contributed by atoms with Crippen molar-refractivity contribution in [3.63, 3.8) is 0 Å². The van der Waals surface area contributed by atoms with Gasteiger partial charge in [0.05, 0.1) is 25.0 Å². The van der Waals surface area contributed by atoms with E-state index in [1.54, 1.807) is 13.0 Å². The van der Waals surface area contributed by atoms with Crippen LogP contribution >= 0.6 is 0 Å². The molecule has 2 saturated carbocycles. The first-order valence-electron chi connectivity index (χ1n) is 10.8. The normalized spacial score (nSPS) is 34.0. The topological polar surface area (TPSA) is 83.8 Å². The van der Waals surface area contributed by atoms with Crippen LogP contribution < -0.4 is 0 Å². The lowest BCUT2D eigenvalue weighted by Crippen LogP contribution is -2.52. The molecule has 2 aliphatic carbocycles. The van der Waals surface area contributed by atoms with Gasteiger partial charge in [-0.25, -0.2) is 0 Å². The van der Waals surface area contributed by atoms with Crippen molar-refractivity contribution >= 4 is 11.9 Å². The van der Waals surface area contributed by atoms with Crippen LogP contribution in [-0.2, 0) is 14.3 Å². The first-order valence-corrected chi connectivity index (χ1v) is 10.8. The molecule has 0 aromatic heterocycles. The van der Waals surface area contributed by atoms with E-state index in [0.717, 1.165) is 38.5 Å². The molecule has 0 aliphatic heterocycles. The third-order valence-corrected chi connectivity index (χ3v) is 7.63. The highest BCUT2D eigenvalue weighted by Gasteiger charge is 2.54. The summed E-state index contributed by atoms with van der Waals surface area (Å²) in [6.07, 6.45) is 8.05. The second-order valence-corrected chi connectivity index (χ2v) is 9.97. The van der Waals surface area contributed by atoms with Gasteiger partial charge in [0.25, 0.3) is 0 Å². The van der Waals surface area contributed by atoms with Gasteiger partial charge in [0, 0.05) is 5.41 Å². The van der Waals surface area contributed by atoms with Crippen molar-refractivity contribution in [3.05, 3.63) is 24.8 Å². The van der Waals surface area contributed by atoms with E-state index in [1.165, 1.54) is 5.57 Å². The highest BCUT2D eigenvalue weighted by molar-refractivity contribution is 5.76. The number of aliphatic hydroxyl groups is 1. The minimum Gasteiger partial charge on any atom is -0.481 e. The lowest BCUT2D eigenvalue weighted by Gasteiger charge is -2.58. The SMILES string of the molecule is C=C[C@@](C)(O)CC[C@H]1C(=C)CC[C@H]2[C@](C)(COC(=O)CCC(=O)O)CCC[C@]12C. The van der Waals surface area contributed by atoms with Crippen LogP contribution in [0.25, 0.3) is 0 Å². The number of carbonyl (C=O) groups is 2. The molecule has 0 unspecified atom stereocenters. The van der Waals surface area contributed by atoms with Crippen molar-refractivity contribution in [2.45, 2.75) is 84.2 Å². The first-order chi connectivity index (χ1) is 13.4. The Balaban J connectivity index is 2.12. The quantitative estimate of drug-likeness (QED) is 0.421. The van der Waals surface area contributed by atoms with Gasteiger partial charge in [-0.3, -0.25) is 9.59 Å². The molecular formula is C24H38O5. The average Bonchev–Trinajstić information content (AvgIpc) is 2.64. The van der Waals surface area contributed by atoms with Gasteiger partial charge >= 0.3 is 11.9 Å². The number of esters is 1. The second kappa shape index (κ2) is 9.03. The van der Waals surface area contributed by atoms with Gasteiger partial charge in [-0.1, -0.05) is 38.5 Å². The van der Waals surface area contributed by atoms with Crippen LogP contribution in [-0.4, -0.2) is 34.4 Å². The average molecular weight is 407 g/mol. The molecular weight excluding hydrogens is 368 g/mol. The summed E-state index contributed by atoms with van der Waals surface area (Å²) in [6, 6.07) is 0. The fourth-order valence-electron chi connectivity index (χ4n) is 5.85. The fourth-order valence-corrected chi connectivity index (χ4v) is 5.85. The smallest absolute Gasteiger partial charge is 0.306 e. The minimum atomic E-state index is -0.984. The summed E-state index contributed by atoms with van der Waals surface area (Å²) in [5.74, 6) is -0.683. The van der Waals surface area contributed by atoms with Crippen LogP contribution in [0.2, 0.25) is 0 Å². The molecule has 2 N–H and O–H groups in total. The van der Waals surface area contributed by atoms with E-state index in [0.29, 0.717) is 24.9 Å². The predicted molar refractivity (Wildman–Crippen MR) is 113 cm³/mol. The number of carboxylic acid groups (broad SMARTS) is 1. The summed E-state index contributed by atoms with van der Waals surface area (Å²) in [4.78, 5) is 22.7. The monoisotopic (exact) mass is 406 g/mol. The molecule has 0 saturated heterocycles. The second-order valence-electron chi connectivity index (χ2n) is 9.97. The van der Waals surface area contributed by atoms with E-state index in [9.17, 15) is 14.7 Å². The minimum absolute atomic E-state index is 0.0626. The van der Waals surface area contributed by atoms with E-state index < -0.39 is 17.5 Å². The Morgan fingerprint density at radius 3 is 2.62 bits per heavy atom. The summed E-state index contributed by atoms with van der Waals surface area (Å²) < 4.78 is 5.54. The Morgan fingerprint density at radius 2 is 2.00 bits per heavy atom. The van der Waals surface area contributed by atoms with Crippen molar-refractivity contribution in [1.82, 2.24) is 0 Å². The standard InChI is InChI=1S/C24H38O5/c1-6-23(4,28)15-12-18-17(2)8-9-19-22(3,13-7-14-24(18,19)5)16-29-21(27)11-10-20(25)26/h6,18-19,28H,1-2,7-16H2,3-5H3,(H,25,26)/t18-,19-,22-,23+,24+/m0/s1. The number of rotatable bonds is 9. The van der Waals surface area contributed by atoms with Gasteiger partial charge in [-0.15, -0.1) is 6.58 Å². The Labute approximate surface area is 175 Å². The van der Waals surface area contributed by atoms with Crippen molar-refractivity contribution in [2.75, 3.05) is 6.61 Å². The largest absolute Gasteiger partial charge is 0.481 e. The maximum Gasteiger partial charge on any atom is 0.306 e. The summed E-state index contributed by atoms with van der Waals surface area (Å²) in [5, 5.41) is 19.2. The van der Waals surface area contributed by atoms with Crippen LogP contribution in [0.1, 0.15) is 78.6 Å². The number of aliphatic carboxylic acids is 1. The van der Waals surface area contributed by atoms with Crippen LogP contribution in [0.15, 0.2) is 24.8 Å². The highest BCUT2D eigenvalue weighted by atomic mass is 16.5. The fraction of sp³-hybridized carbons (Fsp3) is 0.750. The van der Waals surface area contributed by atoms with E-state index >= 15 is 0 Å². The lowest BCUT2D eigenvalue weighted by atomic mass is 9.46. The number of carbonyl (C=O) groups excluding carboxylic acids is 1. The summed E-state index contributed by atoms with van der Waals surface area (Å²) >= 11 is 0. The Kier molecular flexibility index (Phi) is 7.37. The van der Waals surface area contributed by atoms with Crippen LogP contribution in [0, 0.1) is 22.7 Å². The van der Waals surface area contributed by atoms with Crippen molar-refractivity contribution in [2.24, 2.45) is 22.7 Å². The van der Waals surface area contributed by atoms with Gasteiger partial charge in [0.15, 0.2) is 0 Å². The van der Waals surface area contributed by atoms with Gasteiger partial charge in [0.1, 0.15) is 0 Å². The number of carboxylic acids is 1. The van der Waals surface area contributed by atoms with E-state index in [-0.39, 0.29) is 23.7 Å². The van der Waals surface area contributed by atoms with Gasteiger partial charge in [-0.2, -0.15) is 0 Å². The summed E-state index contributed by atoms with van der Waals surface area (Å²) in [5.41, 5.74) is 0.339. The third kappa shape index (κ3) is 5.50. The molecule has 5 nitrogen and oxygen atoms in total. The van der Waals surface area contributed by atoms with Crippen molar-refractivity contribution in [3.8, 4) is 0 Å². The Bertz CT molecular complexity index is 652. The highest BCUT2D eigenvalue weighted by Crippen LogP contribution is 2.62. The van der Waals surface area contributed by atoms with Gasteiger partial charge < -0.3 is 14.9 Å². The first kappa shape index (κ1) is 23.7. The maximum atomic E-state index is 12.0. The molecule has 29 heavy (non-hydrogen) atoms. The number of hydrogen-bond acceptors (Lipinski definition) is 4. The zero-order valence-electron chi connectivity index (χ0n) is 18.3. The van der Waals surface area contributed by atoms with E-state index in [4.69, 9.17) is 9.84 Å². The number of fused-ring (bicyclic) bond motifs is 1. The predicted octanol–water partition coefficient (Wildman–Crippen LogP) is 4.89. The van der Waals surface area contributed by atoms with Crippen molar-refractivity contribution in [1.29, 1.82) is 0 Å². The zero-order valence-corrected chi connectivity index (χ0v) is 18.3.